The highest BCUT2D eigenvalue weighted by Gasteiger charge is 2.28. The molecule has 1 rings (SSSR count). The molecule has 132 valence electrons. The van der Waals surface area contributed by atoms with Crippen molar-refractivity contribution >= 4 is 6.09 Å². The lowest BCUT2D eigenvalue weighted by atomic mass is 9.82. The van der Waals surface area contributed by atoms with E-state index in [2.05, 4.69) is 17.2 Å². The quantitative estimate of drug-likeness (QED) is 0.772. The Bertz CT molecular complexity index is 422. The molecule has 1 aliphatic carbocycles. The number of ether oxygens (including phenoxy) is 1. The Labute approximate surface area is 141 Å². The summed E-state index contributed by atoms with van der Waals surface area (Å²) < 4.78 is 5.37. The van der Waals surface area contributed by atoms with Crippen LogP contribution in [0.2, 0.25) is 0 Å². The Balaban J connectivity index is 2.69. The number of nitrogens with one attached hydrogen (secondary N) is 1. The number of amides is 1. The molecule has 0 aliphatic heterocycles. The van der Waals surface area contributed by atoms with Gasteiger partial charge in [-0.25, -0.2) is 4.79 Å². The van der Waals surface area contributed by atoms with E-state index in [9.17, 15) is 9.90 Å². The highest BCUT2D eigenvalue weighted by atomic mass is 16.6. The summed E-state index contributed by atoms with van der Waals surface area (Å²) in [6.07, 6.45) is 5.15. The topological polar surface area (TPSA) is 58.6 Å². The fourth-order valence-electron chi connectivity index (χ4n) is 2.93. The first-order valence-electron chi connectivity index (χ1n) is 8.86. The van der Waals surface area contributed by atoms with Gasteiger partial charge in [0.1, 0.15) is 11.7 Å². The molecule has 0 spiro atoms. The summed E-state index contributed by atoms with van der Waals surface area (Å²) in [6, 6.07) is -0.0818. The molecular weight excluding hydrogens is 290 g/mol. The van der Waals surface area contributed by atoms with Crippen molar-refractivity contribution in [1.82, 2.24) is 5.32 Å². The SMILES string of the molecule is CC(C)C#C[C@@H](O)C[C@@H](NC(=O)OC(C)(C)C)C1CCCCC1. The van der Waals surface area contributed by atoms with Gasteiger partial charge in [-0.3, -0.25) is 0 Å². The highest BCUT2D eigenvalue weighted by molar-refractivity contribution is 5.68. The van der Waals surface area contributed by atoms with Gasteiger partial charge in [-0.05, 0) is 39.5 Å². The number of hydrogen-bond donors (Lipinski definition) is 2. The van der Waals surface area contributed by atoms with Gasteiger partial charge in [0.05, 0.1) is 0 Å². The molecule has 2 N–H and O–H groups in total. The predicted molar refractivity (Wildman–Crippen MR) is 93.0 cm³/mol. The molecule has 0 heterocycles. The Morgan fingerprint density at radius 2 is 1.83 bits per heavy atom. The zero-order valence-corrected chi connectivity index (χ0v) is 15.3. The predicted octanol–water partition coefficient (Wildman–Crippen LogP) is 3.87. The number of aliphatic hydroxyl groups excluding tert-OH is 1. The lowest BCUT2D eigenvalue weighted by Gasteiger charge is -2.32. The monoisotopic (exact) mass is 323 g/mol. The summed E-state index contributed by atoms with van der Waals surface area (Å²) in [5.74, 6) is 6.52. The third-order valence-electron chi connectivity index (χ3n) is 3.94. The summed E-state index contributed by atoms with van der Waals surface area (Å²) in [6.45, 7) is 9.55. The molecule has 0 radical (unpaired) electrons. The van der Waals surface area contributed by atoms with Gasteiger partial charge in [0.25, 0.3) is 0 Å². The van der Waals surface area contributed by atoms with Crippen LogP contribution in [0.4, 0.5) is 4.79 Å². The van der Waals surface area contributed by atoms with Crippen LogP contribution in [-0.4, -0.2) is 28.9 Å². The van der Waals surface area contributed by atoms with Crippen molar-refractivity contribution in [1.29, 1.82) is 0 Å². The van der Waals surface area contributed by atoms with Crippen molar-refractivity contribution in [2.24, 2.45) is 11.8 Å². The van der Waals surface area contributed by atoms with Crippen molar-refractivity contribution in [3.05, 3.63) is 0 Å². The lowest BCUT2D eigenvalue weighted by Crippen LogP contribution is -2.45. The Kier molecular flexibility index (Phi) is 7.91. The molecule has 0 aromatic heterocycles. The summed E-state index contributed by atoms with van der Waals surface area (Å²) in [4.78, 5) is 12.1. The van der Waals surface area contributed by atoms with E-state index >= 15 is 0 Å². The van der Waals surface area contributed by atoms with Crippen LogP contribution in [0.1, 0.15) is 73.1 Å². The van der Waals surface area contributed by atoms with Gasteiger partial charge in [0, 0.05) is 18.4 Å². The standard InChI is InChI=1S/C19H33NO3/c1-14(2)11-12-16(21)13-17(15-9-7-6-8-10-15)20-18(22)23-19(3,4)5/h14-17,21H,6-10,13H2,1-5H3,(H,20,22)/t16-,17-/m1/s1. The first kappa shape index (κ1) is 19.8. The molecule has 0 saturated heterocycles. The molecule has 1 aliphatic rings. The zero-order chi connectivity index (χ0) is 17.5. The van der Waals surface area contributed by atoms with Crippen molar-refractivity contribution in [2.75, 3.05) is 0 Å². The number of carbonyl (C=O) groups is 1. The lowest BCUT2D eigenvalue weighted by molar-refractivity contribution is 0.0456. The molecule has 1 saturated carbocycles. The van der Waals surface area contributed by atoms with Crippen LogP contribution < -0.4 is 5.32 Å². The Morgan fingerprint density at radius 3 is 2.35 bits per heavy atom. The number of rotatable bonds is 4. The van der Waals surface area contributed by atoms with Gasteiger partial charge in [-0.2, -0.15) is 0 Å². The van der Waals surface area contributed by atoms with Crippen molar-refractivity contribution < 1.29 is 14.6 Å². The largest absolute Gasteiger partial charge is 0.444 e. The molecule has 1 amide bonds. The average Bonchev–Trinajstić information content (AvgIpc) is 2.43. The summed E-state index contributed by atoms with van der Waals surface area (Å²) in [7, 11) is 0. The number of hydrogen-bond acceptors (Lipinski definition) is 3. The molecule has 4 heteroatoms. The van der Waals surface area contributed by atoms with E-state index in [1.807, 2.05) is 34.6 Å². The van der Waals surface area contributed by atoms with Crippen LogP contribution >= 0.6 is 0 Å². The number of aliphatic hydroxyl groups is 1. The molecular formula is C19H33NO3. The summed E-state index contributed by atoms with van der Waals surface area (Å²) in [5, 5.41) is 13.2. The van der Waals surface area contributed by atoms with Crippen molar-refractivity contribution in [3.63, 3.8) is 0 Å². The second-order valence-electron chi connectivity index (χ2n) is 7.85. The van der Waals surface area contributed by atoms with Crippen molar-refractivity contribution in [2.45, 2.75) is 90.9 Å². The van der Waals surface area contributed by atoms with E-state index in [0.29, 0.717) is 12.3 Å². The van der Waals surface area contributed by atoms with Crippen LogP contribution in [0.5, 0.6) is 0 Å². The van der Waals surface area contributed by atoms with E-state index in [1.54, 1.807) is 0 Å². The molecule has 4 nitrogen and oxygen atoms in total. The van der Waals surface area contributed by atoms with Gasteiger partial charge < -0.3 is 15.2 Å². The maximum Gasteiger partial charge on any atom is 0.407 e. The number of alkyl carbamates (subject to hydrolysis) is 1. The average molecular weight is 323 g/mol. The molecule has 0 aromatic rings. The van der Waals surface area contributed by atoms with Crippen LogP contribution in [0.15, 0.2) is 0 Å². The van der Waals surface area contributed by atoms with Crippen molar-refractivity contribution in [3.8, 4) is 11.8 Å². The third kappa shape index (κ3) is 8.86. The fourth-order valence-corrected chi connectivity index (χ4v) is 2.93. The Hall–Kier alpha value is -1.21. The van der Waals surface area contributed by atoms with E-state index < -0.39 is 17.8 Å². The van der Waals surface area contributed by atoms with E-state index in [-0.39, 0.29) is 12.0 Å². The molecule has 0 bridgehead atoms. The maximum atomic E-state index is 12.1. The minimum absolute atomic E-state index is 0.0818. The van der Waals surface area contributed by atoms with Gasteiger partial charge >= 0.3 is 6.09 Å². The van der Waals surface area contributed by atoms with Gasteiger partial charge in [0.15, 0.2) is 0 Å². The Morgan fingerprint density at radius 1 is 1.22 bits per heavy atom. The van der Waals surface area contributed by atoms with Gasteiger partial charge in [0.2, 0.25) is 0 Å². The molecule has 2 atom stereocenters. The first-order chi connectivity index (χ1) is 10.7. The molecule has 23 heavy (non-hydrogen) atoms. The van der Waals surface area contributed by atoms with Crippen LogP contribution in [-0.2, 0) is 4.74 Å². The van der Waals surface area contributed by atoms with Crippen LogP contribution in [0.3, 0.4) is 0 Å². The summed E-state index contributed by atoms with van der Waals surface area (Å²) in [5.41, 5.74) is -0.517. The minimum Gasteiger partial charge on any atom is -0.444 e. The van der Waals surface area contributed by atoms with Crippen LogP contribution in [0, 0.1) is 23.7 Å². The first-order valence-corrected chi connectivity index (χ1v) is 8.86. The zero-order valence-electron chi connectivity index (χ0n) is 15.3. The minimum atomic E-state index is -0.709. The van der Waals surface area contributed by atoms with E-state index in [4.69, 9.17) is 4.74 Å². The normalized spacial score (nSPS) is 18.7. The van der Waals surface area contributed by atoms with E-state index in [1.165, 1.54) is 19.3 Å². The molecule has 0 unspecified atom stereocenters. The van der Waals surface area contributed by atoms with E-state index in [0.717, 1.165) is 12.8 Å². The molecule has 0 aromatic carbocycles. The maximum absolute atomic E-state index is 12.1. The highest BCUT2D eigenvalue weighted by Crippen LogP contribution is 2.28. The summed E-state index contributed by atoms with van der Waals surface area (Å²) >= 11 is 0. The van der Waals surface area contributed by atoms with Crippen LogP contribution in [0.25, 0.3) is 0 Å². The fraction of sp³-hybridized carbons (Fsp3) is 0.842. The van der Waals surface area contributed by atoms with Gasteiger partial charge in [-0.15, -0.1) is 0 Å². The second kappa shape index (κ2) is 9.17. The smallest absolute Gasteiger partial charge is 0.407 e. The second-order valence-corrected chi connectivity index (χ2v) is 7.85. The third-order valence-corrected chi connectivity index (χ3v) is 3.94. The van der Waals surface area contributed by atoms with Gasteiger partial charge in [-0.1, -0.05) is 45.0 Å². The molecule has 1 fully saturated rings. The number of carbonyl (C=O) groups excluding carboxylic acids is 1.